The van der Waals surface area contributed by atoms with Crippen LogP contribution in [0.1, 0.15) is 53.4 Å². The largest absolute Gasteiger partial charge is 0.317 e. The fourth-order valence-corrected chi connectivity index (χ4v) is 2.36. The molecule has 0 bridgehead atoms. The van der Waals surface area contributed by atoms with E-state index in [1.807, 2.05) is 0 Å². The van der Waals surface area contributed by atoms with Gasteiger partial charge in [0.15, 0.2) is 0 Å². The van der Waals surface area contributed by atoms with Gasteiger partial charge in [-0.1, -0.05) is 58.6 Å². The summed E-state index contributed by atoms with van der Waals surface area (Å²) in [4.78, 5) is 0. The van der Waals surface area contributed by atoms with Crippen molar-refractivity contribution in [2.75, 3.05) is 7.05 Å². The van der Waals surface area contributed by atoms with E-state index in [9.17, 15) is 0 Å². The van der Waals surface area contributed by atoms with Crippen molar-refractivity contribution in [3.8, 4) is 0 Å². The van der Waals surface area contributed by atoms with Crippen molar-refractivity contribution in [2.45, 2.75) is 71.6 Å². The number of rotatable bonds is 9. The average molecular weight is 211 g/mol. The predicted molar refractivity (Wildman–Crippen MR) is 73.2 cm³/mol. The third-order valence-corrected chi connectivity index (χ3v) is 3.63. The molecule has 2 heteroatoms. The molecule has 2 unspecified atom stereocenters. The van der Waals surface area contributed by atoms with Gasteiger partial charge in [0, 0.05) is 6.04 Å². The van der Waals surface area contributed by atoms with Gasteiger partial charge >= 0.3 is 0 Å². The zero-order valence-electron chi connectivity index (χ0n) is 11.5. The highest BCUT2D eigenvalue weighted by molar-refractivity contribution is 6.37. The minimum absolute atomic E-state index is 0.736. The quantitative estimate of drug-likeness (QED) is 0.576. The van der Waals surface area contributed by atoms with Crippen LogP contribution in [0.3, 0.4) is 0 Å². The van der Waals surface area contributed by atoms with E-state index in [0.29, 0.717) is 0 Å². The summed E-state index contributed by atoms with van der Waals surface area (Å²) >= 11 is 0. The minimum atomic E-state index is 0.736. The number of hydrogen-bond donors (Lipinski definition) is 1. The summed E-state index contributed by atoms with van der Waals surface area (Å²) in [5, 5.41) is 3.39. The molecule has 0 aromatic heterocycles. The van der Waals surface area contributed by atoms with Crippen LogP contribution in [0.5, 0.6) is 0 Å². The standard InChI is InChI=1S/C13H30BN/c1-6-12(15-5)9-8-10-13(11(3)4)14-7-2/h11-15H,6-10H2,1-5H3. The Hall–Kier alpha value is 0.0249. The topological polar surface area (TPSA) is 12.0 Å². The van der Waals surface area contributed by atoms with Gasteiger partial charge in [-0.25, -0.2) is 0 Å². The Morgan fingerprint density at radius 1 is 1.13 bits per heavy atom. The Bertz CT molecular complexity index is 132. The molecular formula is C13H30BN. The predicted octanol–water partition coefficient (Wildman–Crippen LogP) is 3.47. The maximum atomic E-state index is 3.39. The summed E-state index contributed by atoms with van der Waals surface area (Å²) in [6, 6.07) is 0.736. The molecule has 0 aromatic carbocycles. The fourth-order valence-electron chi connectivity index (χ4n) is 2.36. The Balaban J connectivity index is 3.69. The van der Waals surface area contributed by atoms with E-state index in [-0.39, 0.29) is 0 Å². The lowest BCUT2D eigenvalue weighted by molar-refractivity contribution is 0.454. The molecule has 1 N–H and O–H groups in total. The second-order valence-corrected chi connectivity index (χ2v) is 5.12. The molecule has 0 saturated heterocycles. The summed E-state index contributed by atoms with van der Waals surface area (Å²) in [6.07, 6.45) is 6.76. The maximum Gasteiger partial charge on any atom is 0.124 e. The third-order valence-electron chi connectivity index (χ3n) is 3.63. The number of hydrogen-bond acceptors (Lipinski definition) is 1. The van der Waals surface area contributed by atoms with Crippen molar-refractivity contribution in [2.24, 2.45) is 5.92 Å². The van der Waals surface area contributed by atoms with Gasteiger partial charge in [0.1, 0.15) is 7.28 Å². The highest BCUT2D eigenvalue weighted by Crippen LogP contribution is 2.24. The van der Waals surface area contributed by atoms with Crippen LogP contribution in [0.25, 0.3) is 0 Å². The zero-order chi connectivity index (χ0) is 11.7. The molecule has 0 heterocycles. The van der Waals surface area contributed by atoms with Crippen molar-refractivity contribution in [3.05, 3.63) is 0 Å². The molecule has 1 nitrogen and oxygen atoms in total. The lowest BCUT2D eigenvalue weighted by Gasteiger charge is -2.21. The molecule has 2 atom stereocenters. The van der Waals surface area contributed by atoms with E-state index in [1.165, 1.54) is 39.3 Å². The SMILES string of the molecule is CCBC(CCCC(CC)NC)C(C)C. The van der Waals surface area contributed by atoms with Crippen LogP contribution in [0, 0.1) is 5.92 Å². The first-order chi connectivity index (χ1) is 7.15. The fraction of sp³-hybridized carbons (Fsp3) is 1.00. The molecule has 0 aliphatic carbocycles. The molecule has 0 amide bonds. The van der Waals surface area contributed by atoms with Gasteiger partial charge in [-0.15, -0.1) is 0 Å². The monoisotopic (exact) mass is 211 g/mol. The van der Waals surface area contributed by atoms with Gasteiger partial charge in [-0.2, -0.15) is 0 Å². The zero-order valence-corrected chi connectivity index (χ0v) is 11.5. The Labute approximate surface area is 97.7 Å². The molecule has 0 radical (unpaired) electrons. The van der Waals surface area contributed by atoms with Crippen LogP contribution in [-0.2, 0) is 0 Å². The Kier molecular flexibility index (Phi) is 9.28. The van der Waals surface area contributed by atoms with Crippen molar-refractivity contribution in [1.29, 1.82) is 0 Å². The molecule has 0 rings (SSSR count). The van der Waals surface area contributed by atoms with Gasteiger partial charge in [0.25, 0.3) is 0 Å². The van der Waals surface area contributed by atoms with Gasteiger partial charge in [0.05, 0.1) is 0 Å². The summed E-state index contributed by atoms with van der Waals surface area (Å²) < 4.78 is 0. The van der Waals surface area contributed by atoms with Gasteiger partial charge in [-0.05, 0) is 19.9 Å². The summed E-state index contributed by atoms with van der Waals surface area (Å²) in [5.41, 5.74) is 0. The third kappa shape index (κ3) is 7.00. The molecule has 0 fully saturated rings. The second kappa shape index (κ2) is 9.27. The molecule has 0 aliphatic heterocycles. The van der Waals surface area contributed by atoms with E-state index in [1.54, 1.807) is 0 Å². The normalized spacial score (nSPS) is 15.3. The first-order valence-corrected chi connectivity index (χ1v) is 6.82. The van der Waals surface area contributed by atoms with Gasteiger partial charge in [0.2, 0.25) is 0 Å². The van der Waals surface area contributed by atoms with Crippen molar-refractivity contribution in [3.63, 3.8) is 0 Å². The van der Waals surface area contributed by atoms with Gasteiger partial charge < -0.3 is 5.32 Å². The molecule has 90 valence electrons. The van der Waals surface area contributed by atoms with E-state index >= 15 is 0 Å². The maximum absolute atomic E-state index is 3.39. The van der Waals surface area contributed by atoms with Crippen LogP contribution < -0.4 is 5.32 Å². The lowest BCUT2D eigenvalue weighted by atomic mass is 9.56. The van der Waals surface area contributed by atoms with Gasteiger partial charge in [-0.3, -0.25) is 0 Å². The molecule has 0 aromatic rings. The molecule has 0 spiro atoms. The van der Waals surface area contributed by atoms with E-state index in [4.69, 9.17) is 0 Å². The lowest BCUT2D eigenvalue weighted by Crippen LogP contribution is -2.24. The van der Waals surface area contributed by atoms with Crippen LogP contribution >= 0.6 is 0 Å². The average Bonchev–Trinajstić information content (AvgIpc) is 2.22. The smallest absolute Gasteiger partial charge is 0.124 e. The van der Waals surface area contributed by atoms with Crippen LogP contribution in [0.15, 0.2) is 0 Å². The molecule has 15 heavy (non-hydrogen) atoms. The number of nitrogens with one attached hydrogen (secondary N) is 1. The Morgan fingerprint density at radius 3 is 2.20 bits per heavy atom. The summed E-state index contributed by atoms with van der Waals surface area (Å²) in [5.74, 6) is 1.81. The second-order valence-electron chi connectivity index (χ2n) is 5.12. The van der Waals surface area contributed by atoms with Crippen molar-refractivity contribution < 1.29 is 0 Å². The van der Waals surface area contributed by atoms with E-state index < -0.39 is 0 Å². The van der Waals surface area contributed by atoms with E-state index in [0.717, 1.165) is 17.8 Å². The van der Waals surface area contributed by atoms with Crippen molar-refractivity contribution in [1.82, 2.24) is 5.32 Å². The Morgan fingerprint density at radius 2 is 1.80 bits per heavy atom. The van der Waals surface area contributed by atoms with E-state index in [2.05, 4.69) is 40.1 Å². The van der Waals surface area contributed by atoms with Crippen LogP contribution in [0.4, 0.5) is 0 Å². The summed E-state index contributed by atoms with van der Waals surface area (Å²) in [7, 11) is 3.49. The first-order valence-electron chi connectivity index (χ1n) is 6.82. The van der Waals surface area contributed by atoms with Crippen LogP contribution in [0.2, 0.25) is 12.1 Å². The highest BCUT2D eigenvalue weighted by Gasteiger charge is 2.13. The minimum Gasteiger partial charge on any atom is -0.317 e. The van der Waals surface area contributed by atoms with Crippen LogP contribution in [-0.4, -0.2) is 20.4 Å². The first kappa shape index (κ1) is 15.0. The molecule has 0 aliphatic rings. The highest BCUT2D eigenvalue weighted by atomic mass is 14.9. The molecular weight excluding hydrogens is 181 g/mol. The van der Waals surface area contributed by atoms with Crippen molar-refractivity contribution >= 4 is 7.28 Å². The molecule has 0 saturated carbocycles. The summed E-state index contributed by atoms with van der Waals surface area (Å²) in [6.45, 7) is 9.32.